The summed E-state index contributed by atoms with van der Waals surface area (Å²) in [4.78, 5) is 34.2. The zero-order valence-corrected chi connectivity index (χ0v) is 12.5. The van der Waals surface area contributed by atoms with Crippen molar-refractivity contribution in [2.45, 2.75) is 39.0 Å². The van der Waals surface area contributed by atoms with Crippen LogP contribution in [0.2, 0.25) is 0 Å². The van der Waals surface area contributed by atoms with Gasteiger partial charge in [-0.2, -0.15) is 0 Å². The maximum absolute atomic E-state index is 11.8. The lowest BCUT2D eigenvalue weighted by atomic mass is 10.2. The number of carbonyl (C=O) groups excluding carboxylic acids is 2. The first-order chi connectivity index (χ1) is 10.4. The van der Waals surface area contributed by atoms with Crippen molar-refractivity contribution in [3.8, 4) is 0 Å². The molecule has 0 saturated carbocycles. The van der Waals surface area contributed by atoms with E-state index < -0.39 is 30.1 Å². The molecule has 0 spiro atoms. The second-order valence-corrected chi connectivity index (χ2v) is 4.74. The molecule has 2 amide bonds. The van der Waals surface area contributed by atoms with E-state index in [4.69, 9.17) is 9.84 Å². The molecule has 120 valence electrons. The van der Waals surface area contributed by atoms with Crippen molar-refractivity contribution in [2.75, 3.05) is 0 Å². The van der Waals surface area contributed by atoms with Crippen molar-refractivity contribution in [3.05, 3.63) is 35.9 Å². The molecule has 3 N–H and O–H groups in total. The second kappa shape index (κ2) is 8.66. The zero-order chi connectivity index (χ0) is 16.5. The smallest absolute Gasteiger partial charge is 0.408 e. The highest BCUT2D eigenvalue weighted by Gasteiger charge is 2.22. The molecule has 0 radical (unpaired) electrons. The number of nitrogens with one attached hydrogen (secondary N) is 2. The third-order valence-electron chi connectivity index (χ3n) is 2.96. The topological polar surface area (TPSA) is 105 Å². The number of alkyl carbamates (subject to hydrolysis) is 1. The minimum atomic E-state index is -1.12. The van der Waals surface area contributed by atoms with Gasteiger partial charge in [0, 0.05) is 0 Å². The number of ether oxygens (including phenoxy) is 1. The molecule has 2 unspecified atom stereocenters. The number of benzene rings is 1. The Morgan fingerprint density at radius 3 is 2.36 bits per heavy atom. The monoisotopic (exact) mass is 308 g/mol. The Hall–Kier alpha value is -2.57. The van der Waals surface area contributed by atoms with Crippen LogP contribution in [-0.2, 0) is 20.9 Å². The van der Waals surface area contributed by atoms with E-state index in [1.165, 1.54) is 6.92 Å². The number of aliphatic carboxylic acids is 1. The predicted molar refractivity (Wildman–Crippen MR) is 79.1 cm³/mol. The van der Waals surface area contributed by atoms with E-state index in [1.807, 2.05) is 30.3 Å². The number of hydrogen-bond donors (Lipinski definition) is 3. The van der Waals surface area contributed by atoms with Crippen LogP contribution in [0, 0.1) is 0 Å². The Morgan fingerprint density at radius 1 is 1.18 bits per heavy atom. The van der Waals surface area contributed by atoms with E-state index >= 15 is 0 Å². The maximum Gasteiger partial charge on any atom is 0.408 e. The molecule has 0 aromatic heterocycles. The minimum Gasteiger partial charge on any atom is -0.480 e. The Balaban J connectivity index is 2.39. The third kappa shape index (κ3) is 5.82. The Bertz CT molecular complexity index is 518. The molecule has 1 rings (SSSR count). The predicted octanol–water partition coefficient (Wildman–Crippen LogP) is 1.28. The molecule has 22 heavy (non-hydrogen) atoms. The molecule has 0 aliphatic rings. The van der Waals surface area contributed by atoms with E-state index in [2.05, 4.69) is 10.6 Å². The van der Waals surface area contributed by atoms with Gasteiger partial charge in [-0.15, -0.1) is 0 Å². The standard InChI is InChI=1S/C15H20N2O5/c1-3-12(14(19)20)17-13(18)10(2)16-15(21)22-9-11-7-5-4-6-8-11/h4-8,10,12H,3,9H2,1-2H3,(H,16,21)(H,17,18)(H,19,20). The lowest BCUT2D eigenvalue weighted by Gasteiger charge is -2.17. The number of amides is 2. The van der Waals surface area contributed by atoms with Gasteiger partial charge in [-0.25, -0.2) is 9.59 Å². The first-order valence-electron chi connectivity index (χ1n) is 6.94. The molecule has 0 aliphatic carbocycles. The van der Waals surface area contributed by atoms with Crippen LogP contribution in [0.3, 0.4) is 0 Å². The lowest BCUT2D eigenvalue weighted by molar-refractivity contribution is -0.142. The highest BCUT2D eigenvalue weighted by atomic mass is 16.5. The first kappa shape index (κ1) is 17.5. The van der Waals surface area contributed by atoms with Crippen molar-refractivity contribution in [2.24, 2.45) is 0 Å². The number of rotatable bonds is 7. The molecule has 0 saturated heterocycles. The zero-order valence-electron chi connectivity index (χ0n) is 12.5. The van der Waals surface area contributed by atoms with Crippen LogP contribution >= 0.6 is 0 Å². The van der Waals surface area contributed by atoms with Gasteiger partial charge >= 0.3 is 12.1 Å². The quantitative estimate of drug-likeness (QED) is 0.704. The molecular formula is C15H20N2O5. The highest BCUT2D eigenvalue weighted by Crippen LogP contribution is 2.01. The van der Waals surface area contributed by atoms with Gasteiger partial charge in [0.15, 0.2) is 0 Å². The Labute approximate surface area is 128 Å². The molecular weight excluding hydrogens is 288 g/mol. The largest absolute Gasteiger partial charge is 0.480 e. The van der Waals surface area contributed by atoms with Gasteiger partial charge in [0.2, 0.25) is 5.91 Å². The summed E-state index contributed by atoms with van der Waals surface area (Å²) in [5, 5.41) is 13.6. The maximum atomic E-state index is 11.8. The summed E-state index contributed by atoms with van der Waals surface area (Å²) in [5.41, 5.74) is 0.826. The van der Waals surface area contributed by atoms with Crippen LogP contribution in [0.25, 0.3) is 0 Å². The summed E-state index contributed by atoms with van der Waals surface area (Å²) < 4.78 is 4.98. The normalized spacial score (nSPS) is 12.8. The molecule has 0 aliphatic heterocycles. The molecule has 2 atom stereocenters. The average molecular weight is 308 g/mol. The average Bonchev–Trinajstić information content (AvgIpc) is 2.50. The summed E-state index contributed by atoms with van der Waals surface area (Å²) in [7, 11) is 0. The summed E-state index contributed by atoms with van der Waals surface area (Å²) in [6.07, 6.45) is -0.485. The first-order valence-corrected chi connectivity index (χ1v) is 6.94. The van der Waals surface area contributed by atoms with E-state index in [0.717, 1.165) is 5.56 Å². The highest BCUT2D eigenvalue weighted by molar-refractivity contribution is 5.88. The summed E-state index contributed by atoms with van der Waals surface area (Å²) >= 11 is 0. The number of carboxylic acid groups (broad SMARTS) is 1. The fraction of sp³-hybridized carbons (Fsp3) is 0.400. The van der Waals surface area contributed by atoms with Gasteiger partial charge < -0.3 is 20.5 Å². The molecule has 0 bridgehead atoms. The molecule has 0 heterocycles. The van der Waals surface area contributed by atoms with Crippen LogP contribution in [0.1, 0.15) is 25.8 Å². The summed E-state index contributed by atoms with van der Waals surface area (Å²) in [6, 6.07) is 7.24. The van der Waals surface area contributed by atoms with Crippen LogP contribution < -0.4 is 10.6 Å². The Kier molecular flexibility index (Phi) is 6.88. The molecule has 1 aromatic rings. The van der Waals surface area contributed by atoms with Crippen molar-refractivity contribution >= 4 is 18.0 Å². The SMILES string of the molecule is CCC(NC(=O)C(C)NC(=O)OCc1ccccc1)C(=O)O. The van der Waals surface area contributed by atoms with Gasteiger partial charge in [-0.3, -0.25) is 4.79 Å². The minimum absolute atomic E-state index is 0.0910. The molecule has 1 aromatic carbocycles. The van der Waals surface area contributed by atoms with Crippen LogP contribution in [0.15, 0.2) is 30.3 Å². The van der Waals surface area contributed by atoms with Crippen molar-refractivity contribution in [1.29, 1.82) is 0 Å². The molecule has 0 fully saturated rings. The summed E-state index contributed by atoms with van der Waals surface area (Å²) in [5.74, 6) is -1.69. The van der Waals surface area contributed by atoms with Crippen LogP contribution in [0.4, 0.5) is 4.79 Å². The number of hydrogen-bond acceptors (Lipinski definition) is 4. The van der Waals surface area contributed by atoms with Crippen LogP contribution in [0.5, 0.6) is 0 Å². The lowest BCUT2D eigenvalue weighted by Crippen LogP contribution is -2.50. The summed E-state index contributed by atoms with van der Waals surface area (Å²) in [6.45, 7) is 3.19. The van der Waals surface area contributed by atoms with Gasteiger partial charge in [-0.05, 0) is 18.9 Å². The van der Waals surface area contributed by atoms with E-state index in [-0.39, 0.29) is 13.0 Å². The second-order valence-electron chi connectivity index (χ2n) is 4.74. The van der Waals surface area contributed by atoms with E-state index in [9.17, 15) is 14.4 Å². The number of carbonyl (C=O) groups is 3. The van der Waals surface area contributed by atoms with E-state index in [0.29, 0.717) is 0 Å². The van der Waals surface area contributed by atoms with Gasteiger partial charge in [0.05, 0.1) is 0 Å². The third-order valence-corrected chi connectivity index (χ3v) is 2.96. The van der Waals surface area contributed by atoms with Gasteiger partial charge in [0.25, 0.3) is 0 Å². The van der Waals surface area contributed by atoms with E-state index in [1.54, 1.807) is 6.92 Å². The van der Waals surface area contributed by atoms with Gasteiger partial charge in [-0.1, -0.05) is 37.3 Å². The van der Waals surface area contributed by atoms with Crippen molar-refractivity contribution in [1.82, 2.24) is 10.6 Å². The Morgan fingerprint density at radius 2 is 1.82 bits per heavy atom. The molecule has 7 heteroatoms. The van der Waals surface area contributed by atoms with Crippen molar-refractivity contribution in [3.63, 3.8) is 0 Å². The number of carboxylic acids is 1. The molecule has 7 nitrogen and oxygen atoms in total. The van der Waals surface area contributed by atoms with Crippen molar-refractivity contribution < 1.29 is 24.2 Å². The van der Waals surface area contributed by atoms with Crippen LogP contribution in [-0.4, -0.2) is 35.2 Å². The van der Waals surface area contributed by atoms with Gasteiger partial charge in [0.1, 0.15) is 18.7 Å². The fourth-order valence-electron chi connectivity index (χ4n) is 1.64. The fourth-order valence-corrected chi connectivity index (χ4v) is 1.64.